The second kappa shape index (κ2) is 3.69. The van der Waals surface area contributed by atoms with Crippen molar-refractivity contribution >= 4 is 0 Å². The summed E-state index contributed by atoms with van der Waals surface area (Å²) < 4.78 is 5.61. The third-order valence-corrected chi connectivity index (χ3v) is 2.02. The lowest BCUT2D eigenvalue weighted by molar-refractivity contribution is 0.0639. The molecule has 66 valence electrons. The summed E-state index contributed by atoms with van der Waals surface area (Å²) >= 11 is 0. The zero-order chi connectivity index (χ0) is 8.23. The van der Waals surface area contributed by atoms with Crippen LogP contribution in [-0.2, 0) is 4.74 Å². The summed E-state index contributed by atoms with van der Waals surface area (Å²) in [6.45, 7) is 2.75. The van der Waals surface area contributed by atoms with Gasteiger partial charge in [-0.2, -0.15) is 5.10 Å². The minimum absolute atomic E-state index is 0.148. The zero-order valence-corrected chi connectivity index (χ0v) is 6.92. The lowest BCUT2D eigenvalue weighted by Gasteiger charge is -2.11. The van der Waals surface area contributed by atoms with Gasteiger partial charge in [0.25, 0.3) is 0 Å². The Balaban J connectivity index is 2.02. The van der Waals surface area contributed by atoms with Gasteiger partial charge < -0.3 is 10.1 Å². The van der Waals surface area contributed by atoms with Crippen molar-refractivity contribution in [3.8, 4) is 0 Å². The average Bonchev–Trinajstić information content (AvgIpc) is 2.48. The van der Waals surface area contributed by atoms with Crippen LogP contribution >= 0.6 is 0 Å². The molecule has 0 aliphatic carbocycles. The summed E-state index contributed by atoms with van der Waals surface area (Å²) in [5.74, 6) is 0. The number of ether oxygens (including phenoxy) is 1. The Morgan fingerprint density at radius 1 is 1.58 bits per heavy atom. The molecule has 1 atom stereocenters. The molecule has 1 aliphatic rings. The molecule has 0 saturated carbocycles. The Labute approximate surface area is 71.3 Å². The fraction of sp³-hybridized carbons (Fsp3) is 0.625. The Kier molecular flexibility index (Phi) is 2.39. The Morgan fingerprint density at radius 2 is 2.58 bits per heavy atom. The maximum absolute atomic E-state index is 5.61. The molecular weight excluding hydrogens is 154 g/mol. The van der Waals surface area contributed by atoms with E-state index < -0.39 is 0 Å². The van der Waals surface area contributed by atoms with Crippen molar-refractivity contribution in [2.75, 3.05) is 19.7 Å². The van der Waals surface area contributed by atoms with Gasteiger partial charge in [0.2, 0.25) is 0 Å². The molecule has 1 fully saturated rings. The largest absolute Gasteiger partial charge is 0.371 e. The molecule has 0 spiro atoms. The van der Waals surface area contributed by atoms with E-state index in [1.807, 2.05) is 6.07 Å². The summed E-state index contributed by atoms with van der Waals surface area (Å²) in [6, 6.07) is 1.96. The van der Waals surface area contributed by atoms with Crippen LogP contribution in [0, 0.1) is 0 Å². The molecule has 0 radical (unpaired) electrons. The van der Waals surface area contributed by atoms with E-state index in [4.69, 9.17) is 4.74 Å². The summed E-state index contributed by atoms with van der Waals surface area (Å²) in [5.41, 5.74) is 1.06. The molecule has 4 nitrogen and oxygen atoms in total. The number of nitrogens with one attached hydrogen (secondary N) is 2. The maximum Gasteiger partial charge on any atom is 0.111 e. The molecule has 1 aromatic heterocycles. The van der Waals surface area contributed by atoms with Crippen molar-refractivity contribution < 1.29 is 4.74 Å². The lowest BCUT2D eigenvalue weighted by atomic mass is 10.2. The van der Waals surface area contributed by atoms with E-state index in [2.05, 4.69) is 15.5 Å². The molecule has 1 aromatic rings. The molecule has 2 N–H and O–H groups in total. The lowest BCUT2D eigenvalue weighted by Crippen LogP contribution is -2.20. The third-order valence-electron chi connectivity index (χ3n) is 2.02. The van der Waals surface area contributed by atoms with Crippen LogP contribution in [-0.4, -0.2) is 29.9 Å². The van der Waals surface area contributed by atoms with Gasteiger partial charge in [-0.05, 0) is 19.0 Å². The molecule has 0 aromatic carbocycles. The Morgan fingerprint density at radius 3 is 3.42 bits per heavy atom. The van der Waals surface area contributed by atoms with Crippen LogP contribution in [0.1, 0.15) is 18.2 Å². The predicted octanol–water partition coefficient (Wildman–Crippen LogP) is 0.461. The van der Waals surface area contributed by atoms with Gasteiger partial charge >= 0.3 is 0 Å². The van der Waals surface area contributed by atoms with E-state index in [1.54, 1.807) is 6.20 Å². The Bertz CT molecular complexity index is 214. The molecule has 12 heavy (non-hydrogen) atoms. The highest BCUT2D eigenvalue weighted by atomic mass is 16.5. The summed E-state index contributed by atoms with van der Waals surface area (Å²) in [6.07, 6.45) is 2.99. The number of aromatic amines is 1. The molecule has 2 rings (SSSR count). The molecule has 4 heteroatoms. The number of H-pyrrole nitrogens is 1. The monoisotopic (exact) mass is 167 g/mol. The standard InChI is InChI=1S/C8H13N3O/c1-3-9-6-8(12-5-1)7-2-4-10-11-7/h2,4,8-9H,1,3,5-6H2,(H,10,11)/t8-/m0/s1. The molecule has 0 bridgehead atoms. The summed E-state index contributed by atoms with van der Waals surface area (Å²) in [4.78, 5) is 0. The molecule has 0 amide bonds. The van der Waals surface area contributed by atoms with Gasteiger partial charge in [0, 0.05) is 19.3 Å². The highest BCUT2D eigenvalue weighted by molar-refractivity contribution is 5.03. The van der Waals surface area contributed by atoms with Gasteiger partial charge in [-0.15, -0.1) is 0 Å². The minimum atomic E-state index is 0.148. The van der Waals surface area contributed by atoms with E-state index in [1.165, 1.54) is 0 Å². The van der Waals surface area contributed by atoms with Crippen LogP contribution in [0.15, 0.2) is 12.3 Å². The first-order chi connectivity index (χ1) is 5.97. The van der Waals surface area contributed by atoms with Gasteiger partial charge in [-0.25, -0.2) is 0 Å². The van der Waals surface area contributed by atoms with Crippen LogP contribution in [0.3, 0.4) is 0 Å². The molecular formula is C8H13N3O. The quantitative estimate of drug-likeness (QED) is 0.639. The fourth-order valence-electron chi connectivity index (χ4n) is 1.36. The molecule has 2 heterocycles. The second-order valence-corrected chi connectivity index (χ2v) is 2.93. The van der Waals surface area contributed by atoms with Gasteiger partial charge in [0.1, 0.15) is 6.10 Å². The van der Waals surface area contributed by atoms with Gasteiger partial charge in [0.05, 0.1) is 5.69 Å². The average molecular weight is 167 g/mol. The minimum Gasteiger partial charge on any atom is -0.371 e. The van der Waals surface area contributed by atoms with E-state index in [0.717, 1.165) is 31.8 Å². The van der Waals surface area contributed by atoms with Crippen molar-refractivity contribution in [3.63, 3.8) is 0 Å². The van der Waals surface area contributed by atoms with E-state index >= 15 is 0 Å². The normalized spacial score (nSPS) is 25.2. The molecule has 1 saturated heterocycles. The van der Waals surface area contributed by atoms with Gasteiger partial charge in [0.15, 0.2) is 0 Å². The summed E-state index contributed by atoms with van der Waals surface area (Å²) in [7, 11) is 0. The van der Waals surface area contributed by atoms with E-state index in [-0.39, 0.29) is 6.10 Å². The maximum atomic E-state index is 5.61. The molecule has 1 aliphatic heterocycles. The van der Waals surface area contributed by atoms with E-state index in [0.29, 0.717) is 0 Å². The van der Waals surface area contributed by atoms with Gasteiger partial charge in [-0.3, -0.25) is 5.10 Å². The summed E-state index contributed by atoms with van der Waals surface area (Å²) in [5, 5.41) is 10.1. The van der Waals surface area contributed by atoms with Crippen LogP contribution in [0.4, 0.5) is 0 Å². The number of hydrogen-bond acceptors (Lipinski definition) is 3. The topological polar surface area (TPSA) is 49.9 Å². The first-order valence-electron chi connectivity index (χ1n) is 4.28. The van der Waals surface area contributed by atoms with Crippen LogP contribution in [0.25, 0.3) is 0 Å². The first-order valence-corrected chi connectivity index (χ1v) is 4.28. The highest BCUT2D eigenvalue weighted by Crippen LogP contribution is 2.14. The number of aromatic nitrogens is 2. The van der Waals surface area contributed by atoms with Crippen molar-refractivity contribution in [2.45, 2.75) is 12.5 Å². The fourth-order valence-corrected chi connectivity index (χ4v) is 1.36. The highest BCUT2D eigenvalue weighted by Gasteiger charge is 2.14. The van der Waals surface area contributed by atoms with Crippen molar-refractivity contribution in [1.29, 1.82) is 0 Å². The smallest absolute Gasteiger partial charge is 0.111 e. The van der Waals surface area contributed by atoms with Gasteiger partial charge in [-0.1, -0.05) is 0 Å². The second-order valence-electron chi connectivity index (χ2n) is 2.93. The molecule has 0 unspecified atom stereocenters. The van der Waals surface area contributed by atoms with Crippen molar-refractivity contribution in [3.05, 3.63) is 18.0 Å². The van der Waals surface area contributed by atoms with Crippen molar-refractivity contribution in [2.24, 2.45) is 0 Å². The first kappa shape index (κ1) is 7.76. The van der Waals surface area contributed by atoms with Crippen LogP contribution in [0.2, 0.25) is 0 Å². The number of rotatable bonds is 1. The number of hydrogen-bond donors (Lipinski definition) is 2. The zero-order valence-electron chi connectivity index (χ0n) is 6.92. The Hall–Kier alpha value is -0.870. The number of nitrogens with zero attached hydrogens (tertiary/aromatic N) is 1. The van der Waals surface area contributed by atoms with E-state index in [9.17, 15) is 0 Å². The van der Waals surface area contributed by atoms with Crippen molar-refractivity contribution in [1.82, 2.24) is 15.5 Å². The van der Waals surface area contributed by atoms with Crippen LogP contribution < -0.4 is 5.32 Å². The predicted molar refractivity (Wildman–Crippen MR) is 44.8 cm³/mol. The SMILES string of the molecule is c1cc([C@@H]2CNCCCO2)[nH]n1. The third kappa shape index (κ3) is 1.65. The van der Waals surface area contributed by atoms with Crippen LogP contribution in [0.5, 0.6) is 0 Å².